The number of rotatable bonds is 5. The number of nitrogens with zero attached hydrogens (tertiary/aromatic N) is 5. The highest BCUT2D eigenvalue weighted by Crippen LogP contribution is 2.19. The number of aromatic nitrogens is 4. The Hall–Kier alpha value is -2.25. The van der Waals surface area contributed by atoms with Crippen LogP contribution in [0.4, 0.5) is 0 Å². The molecule has 1 fully saturated rings. The smallest absolute Gasteiger partial charge is 0.236 e. The zero-order valence-corrected chi connectivity index (χ0v) is 13.8. The van der Waals surface area contributed by atoms with Gasteiger partial charge in [0.25, 0.3) is 0 Å². The molecule has 24 heavy (non-hydrogen) atoms. The summed E-state index contributed by atoms with van der Waals surface area (Å²) in [4.78, 5) is 7.19. The van der Waals surface area contributed by atoms with Gasteiger partial charge in [0.2, 0.25) is 11.8 Å². The first-order valence-electron chi connectivity index (χ1n) is 8.39. The molecule has 7 heteroatoms. The molecule has 0 saturated carbocycles. The van der Waals surface area contributed by atoms with Crippen molar-refractivity contribution in [1.29, 1.82) is 0 Å². The average molecular weight is 327 g/mol. The van der Waals surface area contributed by atoms with Gasteiger partial charge in [-0.2, -0.15) is 0 Å². The second-order valence-electron chi connectivity index (χ2n) is 5.93. The van der Waals surface area contributed by atoms with Crippen molar-refractivity contribution in [3.63, 3.8) is 0 Å². The van der Waals surface area contributed by atoms with Gasteiger partial charge in [-0.1, -0.05) is 19.1 Å². The fourth-order valence-electron chi connectivity index (χ4n) is 3.01. The zero-order valence-electron chi connectivity index (χ0n) is 13.8. The molecule has 0 unspecified atom stereocenters. The number of imidazole rings is 1. The van der Waals surface area contributed by atoms with Gasteiger partial charge < -0.3 is 13.7 Å². The Balaban J connectivity index is 1.66. The Kier molecular flexibility index (Phi) is 4.27. The number of para-hydroxylation sites is 2. The zero-order chi connectivity index (χ0) is 16.4. The standard InChI is InChI=1S/C17H21N5O2/c1-2-16-19-20-17(24-16)12-22-14-6-4-3-5-13(14)18-15(22)11-21-7-9-23-10-8-21/h3-6H,2,7-12H2,1H3. The first kappa shape index (κ1) is 15.3. The lowest BCUT2D eigenvalue weighted by Gasteiger charge is -2.26. The summed E-state index contributed by atoms with van der Waals surface area (Å²) in [7, 11) is 0. The largest absolute Gasteiger partial charge is 0.423 e. The van der Waals surface area contributed by atoms with Gasteiger partial charge in [0.1, 0.15) is 12.4 Å². The van der Waals surface area contributed by atoms with E-state index in [1.165, 1.54) is 0 Å². The van der Waals surface area contributed by atoms with Gasteiger partial charge in [-0.15, -0.1) is 10.2 Å². The molecule has 0 N–H and O–H groups in total. The van der Waals surface area contributed by atoms with E-state index in [1.54, 1.807) is 0 Å². The second kappa shape index (κ2) is 6.70. The van der Waals surface area contributed by atoms with E-state index in [1.807, 2.05) is 25.1 Å². The third-order valence-electron chi connectivity index (χ3n) is 4.31. The van der Waals surface area contributed by atoms with Gasteiger partial charge >= 0.3 is 0 Å². The van der Waals surface area contributed by atoms with Crippen LogP contribution < -0.4 is 0 Å². The number of benzene rings is 1. The van der Waals surface area contributed by atoms with Crippen LogP contribution in [0, 0.1) is 0 Å². The number of hydrogen-bond donors (Lipinski definition) is 0. The first-order chi connectivity index (χ1) is 11.8. The summed E-state index contributed by atoms with van der Waals surface area (Å²) < 4.78 is 13.3. The first-order valence-corrected chi connectivity index (χ1v) is 8.39. The van der Waals surface area contributed by atoms with Crippen LogP contribution in [-0.4, -0.2) is 51.0 Å². The second-order valence-corrected chi connectivity index (χ2v) is 5.93. The molecule has 1 aliphatic heterocycles. The summed E-state index contributed by atoms with van der Waals surface area (Å²) in [6.07, 6.45) is 0.748. The summed E-state index contributed by atoms with van der Waals surface area (Å²) in [6.45, 7) is 6.79. The molecule has 7 nitrogen and oxygen atoms in total. The molecule has 0 aliphatic carbocycles. The molecule has 0 amide bonds. The molecule has 1 aromatic carbocycles. The van der Waals surface area contributed by atoms with Gasteiger partial charge in [0, 0.05) is 19.5 Å². The third-order valence-corrected chi connectivity index (χ3v) is 4.31. The van der Waals surface area contributed by atoms with Gasteiger partial charge in [0.15, 0.2) is 0 Å². The van der Waals surface area contributed by atoms with Crippen LogP contribution in [0.3, 0.4) is 0 Å². The quantitative estimate of drug-likeness (QED) is 0.712. The van der Waals surface area contributed by atoms with E-state index in [0.29, 0.717) is 18.3 Å². The van der Waals surface area contributed by atoms with Crippen molar-refractivity contribution in [3.8, 4) is 0 Å². The highest BCUT2D eigenvalue weighted by atomic mass is 16.5. The normalized spacial score (nSPS) is 16.0. The summed E-state index contributed by atoms with van der Waals surface area (Å²) >= 11 is 0. The predicted octanol–water partition coefficient (Wildman–Crippen LogP) is 1.86. The molecule has 3 aromatic rings. The minimum Gasteiger partial charge on any atom is -0.423 e. The summed E-state index contributed by atoms with van der Waals surface area (Å²) in [5, 5.41) is 8.22. The molecule has 3 heterocycles. The minimum absolute atomic E-state index is 0.549. The minimum atomic E-state index is 0.549. The summed E-state index contributed by atoms with van der Waals surface area (Å²) in [5.74, 6) is 2.32. The van der Waals surface area contributed by atoms with Crippen molar-refractivity contribution in [1.82, 2.24) is 24.6 Å². The van der Waals surface area contributed by atoms with Crippen LogP contribution in [0.5, 0.6) is 0 Å². The molecule has 126 valence electrons. The molecular weight excluding hydrogens is 306 g/mol. The number of morpholine rings is 1. The Morgan fingerprint density at radius 3 is 2.62 bits per heavy atom. The molecule has 0 spiro atoms. The van der Waals surface area contributed by atoms with Gasteiger partial charge in [-0.05, 0) is 12.1 Å². The van der Waals surface area contributed by atoms with E-state index in [-0.39, 0.29) is 0 Å². The molecule has 2 aromatic heterocycles. The number of hydrogen-bond acceptors (Lipinski definition) is 6. The molecule has 1 aliphatic rings. The average Bonchev–Trinajstić information content (AvgIpc) is 3.21. The molecule has 0 bridgehead atoms. The third kappa shape index (κ3) is 3.05. The SMILES string of the molecule is CCc1nnc(Cn2c(CN3CCOCC3)nc3ccccc32)o1. The van der Waals surface area contributed by atoms with E-state index in [0.717, 1.165) is 56.1 Å². The Bertz CT molecular complexity index is 819. The van der Waals surface area contributed by atoms with Crippen LogP contribution in [0.25, 0.3) is 11.0 Å². The lowest BCUT2D eigenvalue weighted by atomic mass is 10.3. The Labute approximate surface area is 140 Å². The summed E-state index contributed by atoms with van der Waals surface area (Å²) in [5.41, 5.74) is 2.09. The topological polar surface area (TPSA) is 69.2 Å². The fourth-order valence-corrected chi connectivity index (χ4v) is 3.01. The van der Waals surface area contributed by atoms with Crippen LogP contribution in [0.15, 0.2) is 28.7 Å². The lowest BCUT2D eigenvalue weighted by molar-refractivity contribution is 0.0326. The Morgan fingerprint density at radius 2 is 1.83 bits per heavy atom. The molecule has 4 rings (SSSR count). The summed E-state index contributed by atoms with van der Waals surface area (Å²) in [6, 6.07) is 8.17. The highest BCUT2D eigenvalue weighted by Gasteiger charge is 2.18. The lowest BCUT2D eigenvalue weighted by Crippen LogP contribution is -2.36. The van der Waals surface area contributed by atoms with Crippen LogP contribution >= 0.6 is 0 Å². The highest BCUT2D eigenvalue weighted by molar-refractivity contribution is 5.75. The fraction of sp³-hybridized carbons (Fsp3) is 0.471. The van der Waals surface area contributed by atoms with Crippen LogP contribution in [-0.2, 0) is 24.2 Å². The monoisotopic (exact) mass is 327 g/mol. The Morgan fingerprint density at radius 1 is 1.04 bits per heavy atom. The van der Waals surface area contributed by atoms with Crippen molar-refractivity contribution in [2.75, 3.05) is 26.3 Å². The van der Waals surface area contributed by atoms with Crippen molar-refractivity contribution < 1.29 is 9.15 Å². The van der Waals surface area contributed by atoms with Gasteiger partial charge in [-0.25, -0.2) is 4.98 Å². The van der Waals surface area contributed by atoms with Crippen molar-refractivity contribution in [3.05, 3.63) is 41.9 Å². The van der Waals surface area contributed by atoms with Crippen LogP contribution in [0.1, 0.15) is 24.5 Å². The van der Waals surface area contributed by atoms with Crippen LogP contribution in [0.2, 0.25) is 0 Å². The predicted molar refractivity (Wildman–Crippen MR) is 88.6 cm³/mol. The maximum Gasteiger partial charge on any atom is 0.236 e. The molecular formula is C17H21N5O2. The maximum atomic E-state index is 5.70. The van der Waals surface area contributed by atoms with Crippen molar-refractivity contribution in [2.45, 2.75) is 26.4 Å². The number of aryl methyl sites for hydroxylation is 1. The van der Waals surface area contributed by atoms with Crippen molar-refractivity contribution >= 4 is 11.0 Å². The van der Waals surface area contributed by atoms with E-state index in [9.17, 15) is 0 Å². The van der Waals surface area contributed by atoms with E-state index in [2.05, 4.69) is 25.7 Å². The number of fused-ring (bicyclic) bond motifs is 1. The van der Waals surface area contributed by atoms with E-state index >= 15 is 0 Å². The van der Waals surface area contributed by atoms with Gasteiger partial charge in [0.05, 0.1) is 30.8 Å². The maximum absolute atomic E-state index is 5.70. The van der Waals surface area contributed by atoms with E-state index in [4.69, 9.17) is 14.1 Å². The van der Waals surface area contributed by atoms with E-state index < -0.39 is 0 Å². The molecule has 0 atom stereocenters. The molecule has 1 saturated heterocycles. The number of ether oxygens (including phenoxy) is 1. The van der Waals surface area contributed by atoms with Gasteiger partial charge in [-0.3, -0.25) is 4.90 Å². The van der Waals surface area contributed by atoms with Crippen molar-refractivity contribution in [2.24, 2.45) is 0 Å². The molecule has 0 radical (unpaired) electrons.